The second-order valence-corrected chi connectivity index (χ2v) is 9.83. The summed E-state index contributed by atoms with van der Waals surface area (Å²) in [6.45, 7) is 4.20. The quantitative estimate of drug-likeness (QED) is 0.495. The summed E-state index contributed by atoms with van der Waals surface area (Å²) in [5.74, 6) is -0.676. The lowest BCUT2D eigenvalue weighted by Gasteiger charge is -2.31. The molecule has 0 saturated heterocycles. The van der Waals surface area contributed by atoms with E-state index in [0.717, 1.165) is 34.5 Å². The van der Waals surface area contributed by atoms with Crippen molar-refractivity contribution < 1.29 is 18.0 Å². The fourth-order valence-electron chi connectivity index (χ4n) is 3.22. The predicted octanol–water partition coefficient (Wildman–Crippen LogP) is 2.78. The lowest BCUT2D eigenvalue weighted by Crippen LogP contribution is -2.51. The van der Waals surface area contributed by atoms with E-state index in [9.17, 15) is 18.0 Å². The Hall–Kier alpha value is -2.71. The van der Waals surface area contributed by atoms with Gasteiger partial charge in [-0.15, -0.1) is 0 Å². The molecule has 2 amide bonds. The molecule has 8 heteroatoms. The summed E-state index contributed by atoms with van der Waals surface area (Å²) in [4.78, 5) is 27.4. The van der Waals surface area contributed by atoms with Gasteiger partial charge in [-0.25, -0.2) is 8.42 Å². The molecule has 2 aromatic carbocycles. The van der Waals surface area contributed by atoms with Crippen molar-refractivity contribution in [2.75, 3.05) is 19.3 Å². The minimum absolute atomic E-state index is 0.0850. The number of nitrogens with one attached hydrogen (secondary N) is 1. The normalized spacial score (nSPS) is 12.4. The van der Waals surface area contributed by atoms with E-state index in [0.29, 0.717) is 6.54 Å². The molecule has 0 fully saturated rings. The molecule has 7 nitrogen and oxygen atoms in total. The summed E-state index contributed by atoms with van der Waals surface area (Å²) in [5, 5.41) is 2.86. The highest BCUT2D eigenvalue weighted by molar-refractivity contribution is 7.88. The highest BCUT2D eigenvalue weighted by atomic mass is 32.2. The van der Waals surface area contributed by atoms with E-state index >= 15 is 0 Å². The molecule has 0 aromatic heterocycles. The number of nitrogens with zero attached hydrogens (tertiary/aromatic N) is 2. The van der Waals surface area contributed by atoms with Crippen molar-refractivity contribution in [3.8, 4) is 0 Å². The number of hydrogen-bond acceptors (Lipinski definition) is 4. The number of unbranched alkanes of at least 4 members (excludes halogenated alkanes) is 1. The minimum Gasteiger partial charge on any atom is -0.354 e. The van der Waals surface area contributed by atoms with Gasteiger partial charge in [-0.3, -0.25) is 9.59 Å². The van der Waals surface area contributed by atoms with Crippen molar-refractivity contribution in [1.82, 2.24) is 14.5 Å². The van der Waals surface area contributed by atoms with Crippen LogP contribution in [0.1, 0.15) is 37.8 Å². The second kappa shape index (κ2) is 12.4. The summed E-state index contributed by atoms with van der Waals surface area (Å²) < 4.78 is 26.0. The first kappa shape index (κ1) is 25.5. The topological polar surface area (TPSA) is 86.8 Å². The first-order valence-corrected chi connectivity index (χ1v) is 12.7. The summed E-state index contributed by atoms with van der Waals surface area (Å²) >= 11 is 0. The van der Waals surface area contributed by atoms with E-state index in [4.69, 9.17) is 0 Å². The van der Waals surface area contributed by atoms with Gasteiger partial charge >= 0.3 is 0 Å². The number of amides is 2. The molecular weight excluding hydrogens is 426 g/mol. The van der Waals surface area contributed by atoms with Gasteiger partial charge in [0.2, 0.25) is 21.8 Å². The fraction of sp³-hybridized carbons (Fsp3) is 0.417. The third-order valence-corrected chi connectivity index (χ3v) is 6.37. The molecule has 0 spiro atoms. The molecule has 174 valence electrons. The molecule has 0 unspecified atom stereocenters. The van der Waals surface area contributed by atoms with Crippen molar-refractivity contribution in [3.63, 3.8) is 0 Å². The van der Waals surface area contributed by atoms with Gasteiger partial charge in [0.05, 0.1) is 12.8 Å². The van der Waals surface area contributed by atoms with Crippen LogP contribution in [0.2, 0.25) is 0 Å². The maximum Gasteiger partial charge on any atom is 0.242 e. The summed E-state index contributed by atoms with van der Waals surface area (Å²) in [7, 11) is -3.64. The first-order valence-electron chi connectivity index (χ1n) is 10.8. The molecule has 0 radical (unpaired) electrons. The lowest BCUT2D eigenvalue weighted by molar-refractivity contribution is -0.140. The van der Waals surface area contributed by atoms with Crippen LogP contribution in [0.15, 0.2) is 60.7 Å². The van der Waals surface area contributed by atoms with Gasteiger partial charge in [0.25, 0.3) is 0 Å². The molecule has 2 rings (SSSR count). The van der Waals surface area contributed by atoms with Crippen LogP contribution in [0.5, 0.6) is 0 Å². The predicted molar refractivity (Wildman–Crippen MR) is 126 cm³/mol. The molecule has 1 atom stereocenters. The summed E-state index contributed by atoms with van der Waals surface area (Å²) in [5.41, 5.74) is 1.65. The maximum atomic E-state index is 13.3. The highest BCUT2D eigenvalue weighted by Crippen LogP contribution is 2.13. The molecule has 0 bridgehead atoms. The Bertz CT molecular complexity index is 965. The van der Waals surface area contributed by atoms with E-state index in [1.807, 2.05) is 67.6 Å². The van der Waals surface area contributed by atoms with Crippen LogP contribution in [0, 0.1) is 0 Å². The zero-order chi connectivity index (χ0) is 23.6. The Morgan fingerprint density at radius 3 is 1.97 bits per heavy atom. The van der Waals surface area contributed by atoms with Crippen LogP contribution in [-0.2, 0) is 32.7 Å². The Kier molecular flexibility index (Phi) is 9.87. The average molecular weight is 460 g/mol. The van der Waals surface area contributed by atoms with Crippen molar-refractivity contribution >= 4 is 21.8 Å². The average Bonchev–Trinajstić information content (AvgIpc) is 2.77. The zero-order valence-corrected chi connectivity index (χ0v) is 19.8. The van der Waals surface area contributed by atoms with Gasteiger partial charge in [0.1, 0.15) is 6.04 Å². The smallest absolute Gasteiger partial charge is 0.242 e. The van der Waals surface area contributed by atoms with Gasteiger partial charge in [0, 0.05) is 19.6 Å². The Balaban J connectivity index is 2.23. The van der Waals surface area contributed by atoms with Crippen molar-refractivity contribution in [2.45, 2.75) is 45.8 Å². The molecule has 0 saturated carbocycles. The number of rotatable bonds is 12. The molecule has 0 aliphatic carbocycles. The SMILES string of the molecule is CCCCNC(=O)[C@H](C)N(Cc1ccccc1)C(=O)CN(Cc1ccccc1)S(C)(=O)=O. The van der Waals surface area contributed by atoms with Gasteiger partial charge < -0.3 is 10.2 Å². The van der Waals surface area contributed by atoms with Crippen LogP contribution >= 0.6 is 0 Å². The molecule has 0 heterocycles. The van der Waals surface area contributed by atoms with E-state index in [-0.39, 0.29) is 25.5 Å². The van der Waals surface area contributed by atoms with E-state index in [2.05, 4.69) is 5.32 Å². The molecule has 2 aromatic rings. The Morgan fingerprint density at radius 1 is 0.938 bits per heavy atom. The third-order valence-electron chi connectivity index (χ3n) is 5.17. The van der Waals surface area contributed by atoms with E-state index < -0.39 is 22.0 Å². The number of benzene rings is 2. The fourth-order valence-corrected chi connectivity index (χ4v) is 3.95. The molecule has 32 heavy (non-hydrogen) atoms. The number of carbonyl (C=O) groups is 2. The van der Waals surface area contributed by atoms with Crippen molar-refractivity contribution in [2.24, 2.45) is 0 Å². The first-order chi connectivity index (χ1) is 15.2. The van der Waals surface area contributed by atoms with Gasteiger partial charge in [-0.05, 0) is 24.5 Å². The number of sulfonamides is 1. The zero-order valence-electron chi connectivity index (χ0n) is 19.0. The molecule has 0 aliphatic heterocycles. The van der Waals surface area contributed by atoms with Crippen LogP contribution in [-0.4, -0.2) is 54.8 Å². The lowest BCUT2D eigenvalue weighted by atomic mass is 10.1. The summed E-state index contributed by atoms with van der Waals surface area (Å²) in [6.07, 6.45) is 2.89. The molecule has 1 N–H and O–H groups in total. The van der Waals surface area contributed by atoms with E-state index in [1.165, 1.54) is 4.90 Å². The molecular formula is C24H33N3O4S. The molecule has 0 aliphatic rings. The minimum atomic E-state index is -3.64. The standard InChI is InChI=1S/C24H33N3O4S/c1-4-5-16-25-24(29)20(2)27(18-22-14-10-7-11-15-22)23(28)19-26(32(3,30)31)17-21-12-8-6-9-13-21/h6-15,20H,4-5,16-19H2,1-3H3,(H,25,29)/t20-/m0/s1. The van der Waals surface area contributed by atoms with Crippen LogP contribution in [0.25, 0.3) is 0 Å². The monoisotopic (exact) mass is 459 g/mol. The van der Waals surface area contributed by atoms with Gasteiger partial charge in [-0.1, -0.05) is 74.0 Å². The Labute approximate surface area is 191 Å². The van der Waals surface area contributed by atoms with Gasteiger partial charge in [0.15, 0.2) is 0 Å². The largest absolute Gasteiger partial charge is 0.354 e. The maximum absolute atomic E-state index is 13.3. The van der Waals surface area contributed by atoms with Crippen molar-refractivity contribution in [3.05, 3.63) is 71.8 Å². The van der Waals surface area contributed by atoms with Crippen LogP contribution < -0.4 is 5.32 Å². The van der Waals surface area contributed by atoms with Gasteiger partial charge in [-0.2, -0.15) is 4.31 Å². The highest BCUT2D eigenvalue weighted by Gasteiger charge is 2.29. The van der Waals surface area contributed by atoms with Crippen LogP contribution in [0.3, 0.4) is 0 Å². The van der Waals surface area contributed by atoms with Crippen LogP contribution in [0.4, 0.5) is 0 Å². The number of carbonyl (C=O) groups excluding carboxylic acids is 2. The van der Waals surface area contributed by atoms with Crippen molar-refractivity contribution in [1.29, 1.82) is 0 Å². The third kappa shape index (κ3) is 8.09. The second-order valence-electron chi connectivity index (χ2n) is 7.84. The number of hydrogen-bond donors (Lipinski definition) is 1. The summed E-state index contributed by atoms with van der Waals surface area (Å²) in [6, 6.07) is 17.7. The van der Waals surface area contributed by atoms with E-state index in [1.54, 1.807) is 6.92 Å². The Morgan fingerprint density at radius 2 is 1.47 bits per heavy atom.